The van der Waals surface area contributed by atoms with Gasteiger partial charge >= 0.3 is 12.2 Å². The third-order valence-electron chi connectivity index (χ3n) is 11.2. The number of aromatic amines is 2. The van der Waals surface area contributed by atoms with E-state index in [0.717, 1.165) is 12.8 Å². The Balaban J connectivity index is 1.11. The van der Waals surface area contributed by atoms with Crippen molar-refractivity contribution in [1.82, 2.24) is 40.4 Å². The number of ether oxygens (including phenoxy) is 2. The number of H-pyrrole nitrogens is 2. The van der Waals surface area contributed by atoms with Crippen LogP contribution in [0.25, 0.3) is 44.3 Å². The van der Waals surface area contributed by atoms with Gasteiger partial charge in [-0.3, -0.25) is 9.59 Å². The molecule has 0 aliphatic carbocycles. The number of hydrogen-bond acceptors (Lipinski definition) is 8. The third-order valence-corrected chi connectivity index (χ3v) is 11.2. The average molecular weight is 799 g/mol. The number of nitrogens with zero attached hydrogens (tertiary/aromatic N) is 4. The first-order valence-corrected chi connectivity index (χ1v) is 19.6. The quantitative estimate of drug-likeness (QED) is 0.115. The van der Waals surface area contributed by atoms with Gasteiger partial charge in [0.15, 0.2) is 0 Å². The molecule has 0 bridgehead atoms. The first kappa shape index (κ1) is 40.1. The molecule has 5 aromatic rings. The van der Waals surface area contributed by atoms with E-state index in [2.05, 4.69) is 20.6 Å². The summed E-state index contributed by atoms with van der Waals surface area (Å²) in [5.74, 6) is -0.911. The molecule has 2 fully saturated rings. The van der Waals surface area contributed by atoms with Crippen LogP contribution >= 0.6 is 0 Å². The summed E-state index contributed by atoms with van der Waals surface area (Å²) in [6.07, 6.45) is 1.48. The minimum Gasteiger partial charge on any atom is -0.453 e. The highest BCUT2D eigenvalue weighted by atomic mass is 19.1. The summed E-state index contributed by atoms with van der Waals surface area (Å²) < 4.78 is 41.4. The fraction of sp³-hybridized carbons (Fsp3) is 0.429. The molecule has 0 saturated carbocycles. The van der Waals surface area contributed by atoms with Gasteiger partial charge in [0.2, 0.25) is 11.8 Å². The van der Waals surface area contributed by atoms with Crippen LogP contribution in [0.1, 0.15) is 77.1 Å². The molecule has 0 spiro atoms. The van der Waals surface area contributed by atoms with Crippen LogP contribution in [-0.4, -0.2) is 93.1 Å². The predicted molar refractivity (Wildman–Crippen MR) is 212 cm³/mol. The molecular weight excluding hydrogens is 751 g/mol. The molecule has 306 valence electrons. The minimum atomic E-state index is -0.772. The van der Waals surface area contributed by atoms with Crippen molar-refractivity contribution < 1.29 is 37.4 Å². The second kappa shape index (κ2) is 16.4. The van der Waals surface area contributed by atoms with Gasteiger partial charge in [-0.1, -0.05) is 39.8 Å². The van der Waals surface area contributed by atoms with Crippen LogP contribution in [0.2, 0.25) is 0 Å². The summed E-state index contributed by atoms with van der Waals surface area (Å²) in [7, 11) is 2.50. The summed E-state index contributed by atoms with van der Waals surface area (Å²) >= 11 is 0. The van der Waals surface area contributed by atoms with E-state index in [-0.39, 0.29) is 46.9 Å². The van der Waals surface area contributed by atoms with E-state index < -0.39 is 35.9 Å². The van der Waals surface area contributed by atoms with E-state index in [9.17, 15) is 19.2 Å². The fourth-order valence-electron chi connectivity index (χ4n) is 8.08. The zero-order valence-electron chi connectivity index (χ0n) is 33.3. The Labute approximate surface area is 334 Å². The summed E-state index contributed by atoms with van der Waals surface area (Å²) in [6, 6.07) is 10.4. The molecule has 2 aliphatic heterocycles. The molecule has 2 aromatic heterocycles. The van der Waals surface area contributed by atoms with Crippen LogP contribution in [0, 0.1) is 23.5 Å². The van der Waals surface area contributed by atoms with E-state index in [4.69, 9.17) is 19.4 Å². The molecule has 4 amide bonds. The summed E-state index contributed by atoms with van der Waals surface area (Å²) in [4.78, 5) is 70.7. The highest BCUT2D eigenvalue weighted by Crippen LogP contribution is 2.37. The van der Waals surface area contributed by atoms with Gasteiger partial charge < -0.3 is 39.9 Å². The van der Waals surface area contributed by atoms with Gasteiger partial charge in [-0.05, 0) is 85.0 Å². The van der Waals surface area contributed by atoms with Crippen LogP contribution in [-0.2, 0) is 19.1 Å². The molecule has 2 saturated heterocycles. The lowest BCUT2D eigenvalue weighted by Gasteiger charge is -2.29. The third kappa shape index (κ3) is 7.79. The minimum absolute atomic E-state index is 0.0721. The average Bonchev–Trinajstić information content (AvgIpc) is 4.03. The molecule has 3 aromatic carbocycles. The topological polar surface area (TPSA) is 175 Å². The highest BCUT2D eigenvalue weighted by molar-refractivity contribution is 5.88. The van der Waals surface area contributed by atoms with Crippen LogP contribution in [0.5, 0.6) is 0 Å². The first-order chi connectivity index (χ1) is 27.8. The van der Waals surface area contributed by atoms with Gasteiger partial charge in [-0.15, -0.1) is 0 Å². The lowest BCUT2D eigenvalue weighted by molar-refractivity contribution is -0.136. The van der Waals surface area contributed by atoms with Crippen molar-refractivity contribution in [3.8, 4) is 22.3 Å². The number of carbonyl (C=O) groups is 4. The first-order valence-electron chi connectivity index (χ1n) is 19.6. The van der Waals surface area contributed by atoms with Crippen LogP contribution in [0.3, 0.4) is 0 Å². The van der Waals surface area contributed by atoms with Crippen molar-refractivity contribution in [1.29, 1.82) is 0 Å². The SMILES string of the molecule is COC(=O)N[C@H](C(=O)N1CCC[C@H]1c1nc2ccc(-c3cc(F)c(-c4ccc5nc([C@@H]6CCCN6C(=O)[C@@H](NC(=O)OC)C(C)C)[nH]c5c4)cc3F)cc2[nH]1)C(C)C. The van der Waals surface area contributed by atoms with Crippen molar-refractivity contribution in [2.75, 3.05) is 27.3 Å². The zero-order chi connectivity index (χ0) is 41.4. The largest absolute Gasteiger partial charge is 0.453 e. The Bertz CT molecular complexity index is 2210. The number of benzene rings is 3. The van der Waals surface area contributed by atoms with E-state index in [1.807, 2.05) is 27.7 Å². The van der Waals surface area contributed by atoms with Crippen molar-refractivity contribution in [3.63, 3.8) is 0 Å². The van der Waals surface area contributed by atoms with Crippen LogP contribution in [0.4, 0.5) is 18.4 Å². The van der Waals surface area contributed by atoms with E-state index in [1.165, 1.54) is 26.4 Å². The molecule has 7 rings (SSSR count). The molecule has 58 heavy (non-hydrogen) atoms. The lowest BCUT2D eigenvalue weighted by atomic mass is 9.98. The molecule has 0 unspecified atom stereocenters. The highest BCUT2D eigenvalue weighted by Gasteiger charge is 2.39. The number of alkyl carbamates (subject to hydrolysis) is 2. The normalized spacial score (nSPS) is 18.0. The van der Waals surface area contributed by atoms with Crippen molar-refractivity contribution in [2.45, 2.75) is 77.5 Å². The summed E-state index contributed by atoms with van der Waals surface area (Å²) in [5, 5.41) is 5.30. The number of rotatable bonds is 10. The Kier molecular flexibility index (Phi) is 11.4. The van der Waals surface area contributed by atoms with E-state index in [0.29, 0.717) is 70.8 Å². The maximum absolute atomic E-state index is 15.9. The Hall–Kier alpha value is -6.06. The number of nitrogens with one attached hydrogen (secondary N) is 4. The lowest BCUT2D eigenvalue weighted by Crippen LogP contribution is -2.51. The van der Waals surface area contributed by atoms with Gasteiger partial charge in [0.05, 0.1) is 48.4 Å². The standard InChI is InChI=1S/C42H48F2N8O6/c1-21(2)35(49-41(55)57-5)39(53)51-15-7-9-33(51)37-45-29-13-11-23(17-31(29)47-37)25-19-28(44)26(20-27(25)43)24-12-14-30-32(18-24)48-38(46-30)34-10-8-16-52(34)40(54)36(22(3)4)50-42(56)58-6/h11-14,17-22,33-36H,7-10,15-16H2,1-6H3,(H,45,47)(H,46,48)(H,49,55)(H,50,56)/t33-,34-,35-,36-/m0/s1. The molecule has 4 heterocycles. The van der Waals surface area contributed by atoms with Gasteiger partial charge in [0.25, 0.3) is 0 Å². The molecule has 14 nitrogen and oxygen atoms in total. The van der Waals surface area contributed by atoms with Gasteiger partial charge in [-0.25, -0.2) is 28.3 Å². The van der Waals surface area contributed by atoms with Crippen molar-refractivity contribution >= 4 is 46.1 Å². The number of methoxy groups -OCH3 is 2. The monoisotopic (exact) mass is 798 g/mol. The maximum Gasteiger partial charge on any atom is 0.407 e. The van der Waals surface area contributed by atoms with Gasteiger partial charge in [0, 0.05) is 24.2 Å². The van der Waals surface area contributed by atoms with Gasteiger partial charge in [-0.2, -0.15) is 0 Å². The second-order valence-corrected chi connectivity index (χ2v) is 15.6. The predicted octanol–water partition coefficient (Wildman–Crippen LogP) is 7.14. The number of fused-ring (bicyclic) bond motifs is 2. The zero-order valence-corrected chi connectivity index (χ0v) is 33.3. The molecule has 16 heteroatoms. The Morgan fingerprint density at radius 3 is 1.43 bits per heavy atom. The Morgan fingerprint density at radius 2 is 1.07 bits per heavy atom. The molecule has 4 N–H and O–H groups in total. The van der Waals surface area contributed by atoms with Gasteiger partial charge in [0.1, 0.15) is 35.4 Å². The number of hydrogen-bond donors (Lipinski definition) is 4. The van der Waals surface area contributed by atoms with Crippen molar-refractivity contribution in [2.24, 2.45) is 11.8 Å². The number of likely N-dealkylation sites (tertiary alicyclic amines) is 2. The van der Waals surface area contributed by atoms with Crippen LogP contribution in [0.15, 0.2) is 48.5 Å². The molecular formula is C42H48F2N8O6. The summed E-state index contributed by atoms with van der Waals surface area (Å²) in [5.41, 5.74) is 3.46. The van der Waals surface area contributed by atoms with E-state index >= 15 is 8.78 Å². The number of aromatic nitrogens is 4. The maximum atomic E-state index is 15.9. The fourth-order valence-corrected chi connectivity index (χ4v) is 8.08. The molecule has 0 radical (unpaired) electrons. The number of amides is 4. The smallest absolute Gasteiger partial charge is 0.407 e. The summed E-state index contributed by atoms with van der Waals surface area (Å²) in [6.45, 7) is 8.40. The van der Waals surface area contributed by atoms with Crippen molar-refractivity contribution in [3.05, 3.63) is 71.8 Å². The molecule has 2 aliphatic rings. The Morgan fingerprint density at radius 1 is 0.672 bits per heavy atom. The van der Waals surface area contributed by atoms with E-state index in [1.54, 1.807) is 46.2 Å². The number of imidazole rings is 2. The number of carbonyl (C=O) groups excluding carboxylic acids is 4. The number of halogens is 2. The van der Waals surface area contributed by atoms with Crippen LogP contribution < -0.4 is 10.6 Å². The second-order valence-electron chi connectivity index (χ2n) is 15.6. The molecule has 4 atom stereocenters.